The maximum absolute atomic E-state index is 11.7. The molecule has 4 aliphatic carbocycles. The maximum atomic E-state index is 11.7. The number of ketones is 4. The smallest absolute Gasteiger partial charge is 0.852 e. The summed E-state index contributed by atoms with van der Waals surface area (Å²) >= 11 is 0. The molecular weight excluding hydrogens is 624 g/mol. The van der Waals surface area contributed by atoms with Crippen molar-refractivity contribution < 1.29 is 51.1 Å². The summed E-state index contributed by atoms with van der Waals surface area (Å²) in [5, 5.41) is 23.3. The van der Waals surface area contributed by atoms with Gasteiger partial charge in [-0.1, -0.05) is 90.8 Å². The van der Waals surface area contributed by atoms with E-state index in [2.05, 4.69) is 41.5 Å². The largest absolute Gasteiger partial charge is 4.00 e. The molecule has 6 rings (SSSR count). The quantitative estimate of drug-likeness (QED) is 0.151. The van der Waals surface area contributed by atoms with Crippen molar-refractivity contribution in [3.8, 4) is 0 Å². The van der Waals surface area contributed by atoms with Crippen LogP contribution < -0.4 is 10.2 Å². The Morgan fingerprint density at radius 2 is 0.894 bits per heavy atom. The number of hydrogen-bond acceptors (Lipinski definition) is 6. The van der Waals surface area contributed by atoms with Gasteiger partial charge in [0.2, 0.25) is 0 Å². The molecule has 4 aliphatic rings. The van der Waals surface area contributed by atoms with Crippen molar-refractivity contribution >= 4 is 23.1 Å². The molecule has 47 heavy (non-hydrogen) atoms. The molecule has 6 nitrogen and oxygen atoms in total. The monoisotopic (exact) mass is 676 g/mol. The molecule has 0 heterocycles. The van der Waals surface area contributed by atoms with Gasteiger partial charge < -0.3 is 29.4 Å². The Morgan fingerprint density at radius 3 is 1.06 bits per heavy atom. The van der Waals surface area contributed by atoms with Crippen LogP contribution in [0.2, 0.25) is 0 Å². The Labute approximate surface area is 297 Å². The number of rotatable bonds is 6. The molecule has 0 amide bonds. The molecule has 6 unspecified atom stereocenters. The van der Waals surface area contributed by atoms with E-state index in [9.17, 15) is 29.4 Å². The first-order chi connectivity index (χ1) is 21.4. The van der Waals surface area contributed by atoms with Gasteiger partial charge in [0.15, 0.2) is 0 Å². The SMILES string of the molecule is CC(=O)[CH-]C(=O)c1ccccc1.CC(=O)[CH-]C(=O)c1ccccc1.CC1(C)C2CCC1(C)C([O-])C2.CC1(C)C2CCC1(C)C([O-])C2.[Ti+4]. The van der Waals surface area contributed by atoms with Crippen molar-refractivity contribution in [2.45, 2.75) is 106 Å². The fourth-order valence-electron chi connectivity index (χ4n) is 8.00. The van der Waals surface area contributed by atoms with Crippen molar-refractivity contribution in [1.82, 2.24) is 0 Å². The predicted octanol–water partition coefficient (Wildman–Crippen LogP) is 6.45. The average Bonchev–Trinajstić information content (AvgIpc) is 3.50. The van der Waals surface area contributed by atoms with Crippen LogP contribution in [0.3, 0.4) is 0 Å². The number of carbonyl (C=O) groups excluding carboxylic acids is 4. The Balaban J connectivity index is 0.000000216. The number of fused-ring (bicyclic) bond motifs is 4. The van der Waals surface area contributed by atoms with Gasteiger partial charge in [0.05, 0.1) is 11.6 Å². The van der Waals surface area contributed by atoms with Crippen LogP contribution in [0.15, 0.2) is 60.7 Å². The van der Waals surface area contributed by atoms with Crippen LogP contribution in [0, 0.1) is 46.3 Å². The van der Waals surface area contributed by atoms with Gasteiger partial charge in [-0.25, -0.2) is 0 Å². The van der Waals surface area contributed by atoms with Gasteiger partial charge in [-0.2, -0.15) is 0 Å². The average molecular weight is 677 g/mol. The van der Waals surface area contributed by atoms with Gasteiger partial charge in [0.25, 0.3) is 0 Å². The van der Waals surface area contributed by atoms with Crippen LogP contribution in [0.1, 0.15) is 115 Å². The molecule has 2 aromatic rings. The summed E-state index contributed by atoms with van der Waals surface area (Å²) in [6.45, 7) is 16.2. The molecule has 0 aliphatic heterocycles. The second kappa shape index (κ2) is 16.3. The van der Waals surface area contributed by atoms with Crippen molar-refractivity contribution in [1.29, 1.82) is 0 Å². The molecule has 0 saturated heterocycles. The standard InChI is InChI=1S/2C10H9O2.2C10H17O.Ti/c2*1-8(11)7-10(12)9-5-3-2-4-6-9;2*1-9(2)7-4-5-10(9,3)8(11)6-7;/h2*2-7H,1H3;2*7-8H,4-6H2,1-3H3;/q4*-1;+4. The number of carbonyl (C=O) groups is 4. The van der Waals surface area contributed by atoms with E-state index in [1.807, 2.05) is 12.1 Å². The van der Waals surface area contributed by atoms with E-state index < -0.39 is 0 Å². The molecule has 4 saturated carbocycles. The van der Waals surface area contributed by atoms with Crippen LogP contribution in [0.4, 0.5) is 0 Å². The summed E-state index contributed by atoms with van der Waals surface area (Å²) in [6, 6.07) is 17.4. The molecule has 0 radical (unpaired) electrons. The molecule has 252 valence electrons. The zero-order valence-electron chi connectivity index (χ0n) is 29.4. The molecule has 0 aromatic heterocycles. The third-order valence-electron chi connectivity index (χ3n) is 12.2. The minimum absolute atomic E-state index is 0. The first kappa shape index (κ1) is 40.7. The van der Waals surface area contributed by atoms with E-state index in [1.54, 1.807) is 48.5 Å². The van der Waals surface area contributed by atoms with E-state index in [4.69, 9.17) is 0 Å². The first-order valence-electron chi connectivity index (χ1n) is 16.6. The van der Waals surface area contributed by atoms with Crippen LogP contribution >= 0.6 is 0 Å². The molecule has 4 fully saturated rings. The van der Waals surface area contributed by atoms with Crippen molar-refractivity contribution in [3.63, 3.8) is 0 Å². The maximum Gasteiger partial charge on any atom is 4.00 e. The first-order valence-corrected chi connectivity index (χ1v) is 16.6. The van der Waals surface area contributed by atoms with Gasteiger partial charge in [-0.15, -0.1) is 60.4 Å². The van der Waals surface area contributed by atoms with Crippen molar-refractivity contribution in [2.24, 2.45) is 33.5 Å². The molecule has 7 heteroatoms. The topological polar surface area (TPSA) is 114 Å². The molecule has 2 aromatic carbocycles. The summed E-state index contributed by atoms with van der Waals surface area (Å²) in [6.07, 6.45) is 8.41. The summed E-state index contributed by atoms with van der Waals surface area (Å²) in [5.74, 6) is 0.531. The Hall–Kier alpha value is -2.51. The zero-order chi connectivity index (χ0) is 34.5. The second-order valence-corrected chi connectivity index (χ2v) is 15.2. The van der Waals surface area contributed by atoms with E-state index in [0.717, 1.165) is 37.5 Å². The Bertz CT molecular complexity index is 1260. The summed E-state index contributed by atoms with van der Waals surface area (Å²) in [5.41, 5.74) is 1.95. The summed E-state index contributed by atoms with van der Waals surface area (Å²) < 4.78 is 0. The number of Topliss-reactive ketones (excluding diaryl/α,β-unsaturated/α-hetero) is 4. The third-order valence-corrected chi connectivity index (χ3v) is 12.2. The van der Waals surface area contributed by atoms with Crippen LogP contribution in [-0.2, 0) is 31.3 Å². The molecule has 0 N–H and O–H groups in total. The summed E-state index contributed by atoms with van der Waals surface area (Å²) in [7, 11) is 0. The van der Waals surface area contributed by atoms with E-state index >= 15 is 0 Å². The van der Waals surface area contributed by atoms with Gasteiger partial charge in [-0.3, -0.25) is 0 Å². The Kier molecular flexibility index (Phi) is 14.1. The minimum Gasteiger partial charge on any atom is -0.852 e. The van der Waals surface area contributed by atoms with Crippen LogP contribution in [0.25, 0.3) is 0 Å². The van der Waals surface area contributed by atoms with Gasteiger partial charge in [-0.05, 0) is 73.0 Å². The fourth-order valence-corrected chi connectivity index (χ4v) is 8.00. The minimum atomic E-state index is -0.281. The van der Waals surface area contributed by atoms with Crippen LogP contribution in [0.5, 0.6) is 0 Å². The molecule has 0 spiro atoms. The molecule has 6 atom stereocenters. The predicted molar refractivity (Wildman–Crippen MR) is 178 cm³/mol. The number of benzene rings is 2. The zero-order valence-corrected chi connectivity index (χ0v) is 31.0. The number of hydrogen-bond donors (Lipinski definition) is 0. The Morgan fingerprint density at radius 1 is 0.596 bits per heavy atom. The van der Waals surface area contributed by atoms with Gasteiger partial charge >= 0.3 is 21.7 Å². The molecular formula is C40H52O6Ti. The van der Waals surface area contributed by atoms with Crippen LogP contribution in [-0.4, -0.2) is 35.3 Å². The van der Waals surface area contributed by atoms with E-state index in [1.165, 1.54) is 39.5 Å². The second-order valence-electron chi connectivity index (χ2n) is 15.2. The van der Waals surface area contributed by atoms with Crippen molar-refractivity contribution in [3.05, 3.63) is 84.6 Å². The normalized spacial score (nSPS) is 29.7. The van der Waals surface area contributed by atoms with E-state index in [-0.39, 0.29) is 67.9 Å². The molecule has 4 bridgehead atoms. The third kappa shape index (κ3) is 8.95. The van der Waals surface area contributed by atoms with Gasteiger partial charge in [0.1, 0.15) is 0 Å². The fraction of sp³-hybridized carbons (Fsp3) is 0.550. The van der Waals surface area contributed by atoms with E-state index in [0.29, 0.717) is 22.0 Å². The van der Waals surface area contributed by atoms with Crippen molar-refractivity contribution in [2.75, 3.05) is 0 Å². The van der Waals surface area contributed by atoms with Gasteiger partial charge in [0, 0.05) is 11.6 Å². The summed E-state index contributed by atoms with van der Waals surface area (Å²) in [4.78, 5) is 43.5.